The molecule has 0 aliphatic rings. The number of aromatic nitrogens is 3. The Morgan fingerprint density at radius 1 is 1.17 bits per heavy atom. The average molecular weight is 331 g/mol. The molecule has 0 aliphatic carbocycles. The third-order valence-corrected chi connectivity index (χ3v) is 4.83. The van der Waals surface area contributed by atoms with Crippen molar-refractivity contribution in [2.45, 2.75) is 0 Å². The molecule has 0 spiro atoms. The fraction of sp³-hybridized carbons (Fsp3) is 0.0556. The summed E-state index contributed by atoms with van der Waals surface area (Å²) in [5.74, 6) is 0. The van der Waals surface area contributed by atoms with Gasteiger partial charge in [0.05, 0.1) is 39.6 Å². The third kappa shape index (κ3) is 2.32. The van der Waals surface area contributed by atoms with Gasteiger partial charge in [-0.25, -0.2) is 9.97 Å². The number of nitrogen functional groups attached to an aromatic ring is 1. The van der Waals surface area contributed by atoms with Crippen molar-refractivity contribution in [1.29, 1.82) is 5.26 Å². The fourth-order valence-electron chi connectivity index (χ4n) is 2.73. The molecule has 0 unspecified atom stereocenters. The molecule has 6 heteroatoms. The highest BCUT2D eigenvalue weighted by atomic mass is 32.1. The molecule has 2 aromatic heterocycles. The summed E-state index contributed by atoms with van der Waals surface area (Å²) in [4.78, 5) is 9.83. The van der Waals surface area contributed by atoms with E-state index in [9.17, 15) is 0 Å². The number of aryl methyl sites for hydroxylation is 1. The number of nitriles is 1. The first kappa shape index (κ1) is 14.4. The lowest BCUT2D eigenvalue weighted by molar-refractivity contribution is 0.948. The molecule has 0 amide bonds. The van der Waals surface area contributed by atoms with Crippen LogP contribution in [-0.4, -0.2) is 14.5 Å². The number of nitrogens with two attached hydrogens (primary N) is 1. The van der Waals surface area contributed by atoms with Gasteiger partial charge >= 0.3 is 0 Å². The highest BCUT2D eigenvalue weighted by Crippen LogP contribution is 2.39. The van der Waals surface area contributed by atoms with Crippen LogP contribution in [0.2, 0.25) is 0 Å². The van der Waals surface area contributed by atoms with Gasteiger partial charge in [0.15, 0.2) is 5.13 Å². The standard InChI is InChI=1S/C18H13N5S/c1-23-10-21-14-6-5-13(8-15(14)23)17-16(22-18(20)24-17)12-4-2-3-11(7-12)9-19/h2-8,10H,1H3,(H2,20,22). The molecule has 0 fully saturated rings. The van der Waals surface area contributed by atoms with Gasteiger partial charge in [-0.3, -0.25) is 0 Å². The summed E-state index contributed by atoms with van der Waals surface area (Å²) in [6.45, 7) is 0. The van der Waals surface area contributed by atoms with E-state index in [1.165, 1.54) is 11.3 Å². The Morgan fingerprint density at radius 3 is 2.88 bits per heavy atom. The number of fused-ring (bicyclic) bond motifs is 1. The van der Waals surface area contributed by atoms with E-state index < -0.39 is 0 Å². The minimum Gasteiger partial charge on any atom is -0.375 e. The van der Waals surface area contributed by atoms with Crippen molar-refractivity contribution >= 4 is 27.5 Å². The predicted octanol–water partition coefficient (Wildman–Crippen LogP) is 3.82. The van der Waals surface area contributed by atoms with Crippen LogP contribution in [0.4, 0.5) is 5.13 Å². The molecule has 24 heavy (non-hydrogen) atoms. The van der Waals surface area contributed by atoms with Crippen LogP contribution >= 0.6 is 11.3 Å². The fourth-order valence-corrected chi connectivity index (χ4v) is 3.58. The number of thiazole rings is 1. The van der Waals surface area contributed by atoms with E-state index in [2.05, 4.69) is 22.1 Å². The van der Waals surface area contributed by atoms with Crippen molar-refractivity contribution in [3.63, 3.8) is 0 Å². The highest BCUT2D eigenvalue weighted by molar-refractivity contribution is 7.19. The van der Waals surface area contributed by atoms with Crippen LogP contribution in [-0.2, 0) is 7.05 Å². The lowest BCUT2D eigenvalue weighted by atomic mass is 10.0. The molecule has 0 atom stereocenters. The number of imidazole rings is 1. The topological polar surface area (TPSA) is 80.5 Å². The SMILES string of the molecule is Cn1cnc2ccc(-c3sc(N)nc3-c3cccc(C#N)c3)cc21. The Morgan fingerprint density at radius 2 is 2.04 bits per heavy atom. The van der Waals surface area contributed by atoms with E-state index in [1.54, 1.807) is 12.4 Å². The third-order valence-electron chi connectivity index (χ3n) is 3.90. The van der Waals surface area contributed by atoms with E-state index in [4.69, 9.17) is 11.0 Å². The van der Waals surface area contributed by atoms with Gasteiger partial charge < -0.3 is 10.3 Å². The normalized spacial score (nSPS) is 10.8. The van der Waals surface area contributed by atoms with E-state index in [0.717, 1.165) is 32.7 Å². The second-order valence-corrected chi connectivity index (χ2v) is 6.51. The summed E-state index contributed by atoms with van der Waals surface area (Å²) >= 11 is 1.45. The van der Waals surface area contributed by atoms with Gasteiger partial charge in [0.2, 0.25) is 0 Å². The summed E-state index contributed by atoms with van der Waals surface area (Å²) in [7, 11) is 1.97. The first-order valence-electron chi connectivity index (χ1n) is 7.34. The molecule has 0 saturated carbocycles. The molecule has 2 heterocycles. The van der Waals surface area contributed by atoms with Gasteiger partial charge in [-0.15, -0.1) is 0 Å². The van der Waals surface area contributed by atoms with Crippen LogP contribution in [0.5, 0.6) is 0 Å². The molecule has 0 saturated heterocycles. The minimum absolute atomic E-state index is 0.507. The van der Waals surface area contributed by atoms with E-state index >= 15 is 0 Å². The Bertz CT molecular complexity index is 1100. The molecular formula is C18H13N5S. The van der Waals surface area contributed by atoms with E-state index in [1.807, 2.05) is 41.9 Å². The highest BCUT2D eigenvalue weighted by Gasteiger charge is 2.15. The predicted molar refractivity (Wildman–Crippen MR) is 96.4 cm³/mol. The summed E-state index contributed by atoms with van der Waals surface area (Å²) in [6.07, 6.45) is 1.80. The van der Waals surface area contributed by atoms with Gasteiger partial charge in [-0.1, -0.05) is 29.5 Å². The molecule has 0 bridgehead atoms. The molecule has 4 rings (SSSR count). The molecule has 2 aromatic carbocycles. The smallest absolute Gasteiger partial charge is 0.181 e. The van der Waals surface area contributed by atoms with Crippen molar-refractivity contribution in [1.82, 2.24) is 14.5 Å². The molecule has 4 aromatic rings. The Balaban J connectivity index is 1.92. The zero-order valence-electron chi connectivity index (χ0n) is 12.9. The van der Waals surface area contributed by atoms with E-state index in [-0.39, 0.29) is 0 Å². The van der Waals surface area contributed by atoms with Gasteiger partial charge in [0.1, 0.15) is 0 Å². The van der Waals surface area contributed by atoms with Crippen molar-refractivity contribution in [3.8, 4) is 27.8 Å². The maximum absolute atomic E-state index is 9.12. The largest absolute Gasteiger partial charge is 0.375 e. The first-order chi connectivity index (χ1) is 11.7. The molecular weight excluding hydrogens is 318 g/mol. The van der Waals surface area contributed by atoms with Crippen LogP contribution in [0.1, 0.15) is 5.56 Å². The maximum atomic E-state index is 9.12. The van der Waals surface area contributed by atoms with Crippen LogP contribution in [0.3, 0.4) is 0 Å². The monoisotopic (exact) mass is 331 g/mol. The summed E-state index contributed by atoms with van der Waals surface area (Å²) < 4.78 is 1.99. The number of nitrogens with zero attached hydrogens (tertiary/aromatic N) is 4. The van der Waals surface area contributed by atoms with Crippen molar-refractivity contribution in [2.24, 2.45) is 7.05 Å². The number of benzene rings is 2. The Labute approximate surface area is 142 Å². The zero-order chi connectivity index (χ0) is 16.7. The van der Waals surface area contributed by atoms with Crippen LogP contribution in [0, 0.1) is 11.3 Å². The maximum Gasteiger partial charge on any atom is 0.181 e. The number of hydrogen-bond donors (Lipinski definition) is 1. The molecule has 116 valence electrons. The number of anilines is 1. The Hall–Kier alpha value is -3.17. The van der Waals surface area contributed by atoms with Crippen LogP contribution < -0.4 is 5.73 Å². The average Bonchev–Trinajstić information content (AvgIpc) is 3.18. The van der Waals surface area contributed by atoms with Crippen molar-refractivity contribution in [3.05, 3.63) is 54.4 Å². The van der Waals surface area contributed by atoms with Gasteiger partial charge in [-0.05, 0) is 29.8 Å². The molecule has 0 radical (unpaired) electrons. The second kappa shape index (κ2) is 5.48. The van der Waals surface area contributed by atoms with Gasteiger partial charge in [0, 0.05) is 12.6 Å². The molecule has 2 N–H and O–H groups in total. The lowest BCUT2D eigenvalue weighted by Crippen LogP contribution is -1.87. The lowest BCUT2D eigenvalue weighted by Gasteiger charge is -2.04. The number of hydrogen-bond acceptors (Lipinski definition) is 5. The van der Waals surface area contributed by atoms with Gasteiger partial charge in [0.25, 0.3) is 0 Å². The van der Waals surface area contributed by atoms with Crippen LogP contribution in [0.25, 0.3) is 32.7 Å². The van der Waals surface area contributed by atoms with E-state index in [0.29, 0.717) is 10.7 Å². The summed E-state index contributed by atoms with van der Waals surface area (Å²) in [5.41, 5.74) is 11.3. The zero-order valence-corrected chi connectivity index (χ0v) is 13.7. The van der Waals surface area contributed by atoms with Gasteiger partial charge in [-0.2, -0.15) is 5.26 Å². The first-order valence-corrected chi connectivity index (χ1v) is 8.15. The minimum atomic E-state index is 0.507. The summed E-state index contributed by atoms with van der Waals surface area (Å²) in [6, 6.07) is 15.7. The molecule has 0 aliphatic heterocycles. The Kier molecular flexibility index (Phi) is 3.29. The second-order valence-electron chi connectivity index (χ2n) is 5.48. The number of rotatable bonds is 2. The van der Waals surface area contributed by atoms with Crippen LogP contribution in [0.15, 0.2) is 48.8 Å². The molecule has 5 nitrogen and oxygen atoms in total. The van der Waals surface area contributed by atoms with Crippen molar-refractivity contribution in [2.75, 3.05) is 5.73 Å². The van der Waals surface area contributed by atoms with Crippen molar-refractivity contribution < 1.29 is 0 Å². The quantitative estimate of drug-likeness (QED) is 0.605. The summed E-state index contributed by atoms with van der Waals surface area (Å²) in [5, 5.41) is 9.63.